The summed E-state index contributed by atoms with van der Waals surface area (Å²) in [5.41, 5.74) is 8.52. The highest BCUT2D eigenvalue weighted by Gasteiger charge is 2.21. The standard InChI is InChI=1S/C17H20BrNO2/c1-20-16-9-8-14(18)10-13(16)11-15(19)17(21-2)12-6-4-3-5-7-12/h3-10,15,17H,11,19H2,1-2H3. The molecule has 3 nitrogen and oxygen atoms in total. The summed E-state index contributed by atoms with van der Waals surface area (Å²) in [5.74, 6) is 0.844. The second-order valence-corrected chi connectivity index (χ2v) is 5.81. The van der Waals surface area contributed by atoms with Gasteiger partial charge in [0.2, 0.25) is 0 Å². The zero-order chi connectivity index (χ0) is 15.2. The van der Waals surface area contributed by atoms with Crippen LogP contribution in [0.2, 0.25) is 0 Å². The van der Waals surface area contributed by atoms with Crippen LogP contribution in [0.3, 0.4) is 0 Å². The highest BCUT2D eigenvalue weighted by atomic mass is 79.9. The molecule has 0 aliphatic carbocycles. The van der Waals surface area contributed by atoms with Crippen LogP contribution in [0, 0.1) is 0 Å². The highest BCUT2D eigenvalue weighted by Crippen LogP contribution is 2.27. The molecule has 0 radical (unpaired) electrons. The summed E-state index contributed by atoms with van der Waals surface area (Å²) in [4.78, 5) is 0. The van der Waals surface area contributed by atoms with Gasteiger partial charge in [-0.15, -0.1) is 0 Å². The Bertz CT molecular complexity index is 574. The summed E-state index contributed by atoms with van der Waals surface area (Å²) in [6.45, 7) is 0. The first-order valence-corrected chi connectivity index (χ1v) is 7.60. The fraction of sp³-hybridized carbons (Fsp3) is 0.294. The minimum absolute atomic E-state index is 0.144. The molecule has 0 saturated carbocycles. The predicted octanol–water partition coefficient (Wildman–Crippen LogP) is 3.72. The molecular weight excluding hydrogens is 330 g/mol. The summed E-state index contributed by atoms with van der Waals surface area (Å²) in [6.07, 6.45) is 0.533. The van der Waals surface area contributed by atoms with E-state index >= 15 is 0 Å². The van der Waals surface area contributed by atoms with Gasteiger partial charge in [0.05, 0.1) is 13.2 Å². The van der Waals surface area contributed by atoms with Crippen LogP contribution in [0.5, 0.6) is 5.75 Å². The lowest BCUT2D eigenvalue weighted by Gasteiger charge is -2.24. The van der Waals surface area contributed by atoms with Gasteiger partial charge < -0.3 is 15.2 Å². The first-order valence-electron chi connectivity index (χ1n) is 6.81. The summed E-state index contributed by atoms with van der Waals surface area (Å²) in [7, 11) is 3.36. The van der Waals surface area contributed by atoms with Gasteiger partial charge in [-0.1, -0.05) is 46.3 Å². The van der Waals surface area contributed by atoms with Crippen molar-refractivity contribution in [3.05, 3.63) is 64.1 Å². The number of halogens is 1. The Balaban J connectivity index is 2.20. The molecule has 2 atom stereocenters. The van der Waals surface area contributed by atoms with Gasteiger partial charge in [0.15, 0.2) is 0 Å². The van der Waals surface area contributed by atoms with Crippen LogP contribution in [-0.4, -0.2) is 20.3 Å². The van der Waals surface area contributed by atoms with Crippen molar-refractivity contribution in [3.8, 4) is 5.75 Å². The van der Waals surface area contributed by atoms with E-state index in [1.807, 2.05) is 48.5 Å². The van der Waals surface area contributed by atoms with E-state index in [9.17, 15) is 0 Å². The van der Waals surface area contributed by atoms with Crippen LogP contribution < -0.4 is 10.5 Å². The number of ether oxygens (including phenoxy) is 2. The van der Waals surface area contributed by atoms with Crippen LogP contribution >= 0.6 is 15.9 Å². The Labute approximate surface area is 134 Å². The molecule has 2 N–H and O–H groups in total. The molecule has 0 saturated heterocycles. The van der Waals surface area contributed by atoms with Crippen molar-refractivity contribution in [2.75, 3.05) is 14.2 Å². The summed E-state index contributed by atoms with van der Waals surface area (Å²) in [6, 6.07) is 15.8. The van der Waals surface area contributed by atoms with E-state index in [1.165, 1.54) is 0 Å². The molecule has 4 heteroatoms. The average molecular weight is 350 g/mol. The van der Waals surface area contributed by atoms with Gasteiger partial charge >= 0.3 is 0 Å². The van der Waals surface area contributed by atoms with Crippen molar-refractivity contribution in [2.45, 2.75) is 18.6 Å². The Morgan fingerprint density at radius 2 is 1.81 bits per heavy atom. The molecule has 0 amide bonds. The molecule has 0 spiro atoms. The maximum absolute atomic E-state index is 6.37. The van der Waals surface area contributed by atoms with Crippen LogP contribution in [0.4, 0.5) is 0 Å². The summed E-state index contributed by atoms with van der Waals surface area (Å²) < 4.78 is 12.0. The minimum atomic E-state index is -0.152. The number of hydrogen-bond acceptors (Lipinski definition) is 3. The van der Waals surface area contributed by atoms with E-state index in [1.54, 1.807) is 14.2 Å². The maximum atomic E-state index is 6.37. The molecule has 0 aliphatic rings. The fourth-order valence-electron chi connectivity index (χ4n) is 2.47. The van der Waals surface area contributed by atoms with E-state index in [-0.39, 0.29) is 12.1 Å². The van der Waals surface area contributed by atoms with Crippen LogP contribution in [0.25, 0.3) is 0 Å². The number of rotatable bonds is 6. The third-order valence-electron chi connectivity index (χ3n) is 3.47. The lowest BCUT2D eigenvalue weighted by atomic mass is 9.96. The second kappa shape index (κ2) is 7.59. The van der Waals surface area contributed by atoms with E-state index in [0.717, 1.165) is 21.3 Å². The van der Waals surface area contributed by atoms with Crippen LogP contribution in [-0.2, 0) is 11.2 Å². The predicted molar refractivity (Wildman–Crippen MR) is 88.6 cm³/mol. The van der Waals surface area contributed by atoms with Gasteiger partial charge in [-0.25, -0.2) is 0 Å². The lowest BCUT2D eigenvalue weighted by molar-refractivity contribution is 0.0801. The van der Waals surface area contributed by atoms with E-state index in [0.29, 0.717) is 6.42 Å². The molecule has 112 valence electrons. The molecule has 2 aromatic carbocycles. The zero-order valence-corrected chi connectivity index (χ0v) is 13.8. The third-order valence-corrected chi connectivity index (χ3v) is 3.96. The number of benzene rings is 2. The van der Waals surface area contributed by atoms with Crippen molar-refractivity contribution in [1.82, 2.24) is 0 Å². The zero-order valence-electron chi connectivity index (χ0n) is 12.3. The van der Waals surface area contributed by atoms with Gasteiger partial charge in [0.25, 0.3) is 0 Å². The molecule has 2 rings (SSSR count). The quantitative estimate of drug-likeness (QED) is 0.864. The minimum Gasteiger partial charge on any atom is -0.496 e. The largest absolute Gasteiger partial charge is 0.496 e. The maximum Gasteiger partial charge on any atom is 0.122 e. The Hall–Kier alpha value is -1.36. The Morgan fingerprint density at radius 1 is 1.10 bits per heavy atom. The Kier molecular flexibility index (Phi) is 5.79. The smallest absolute Gasteiger partial charge is 0.122 e. The number of nitrogens with two attached hydrogens (primary N) is 1. The third kappa shape index (κ3) is 4.06. The molecule has 2 unspecified atom stereocenters. The van der Waals surface area contributed by atoms with Crippen molar-refractivity contribution >= 4 is 15.9 Å². The van der Waals surface area contributed by atoms with Crippen molar-refractivity contribution in [2.24, 2.45) is 5.73 Å². The van der Waals surface area contributed by atoms with Gasteiger partial charge in [-0.2, -0.15) is 0 Å². The first-order chi connectivity index (χ1) is 10.2. The average Bonchev–Trinajstić information content (AvgIpc) is 2.49. The molecule has 0 aromatic heterocycles. The van der Waals surface area contributed by atoms with Gasteiger partial charge in [-0.05, 0) is 35.7 Å². The number of methoxy groups -OCH3 is 2. The molecule has 0 heterocycles. The molecule has 0 aliphatic heterocycles. The lowest BCUT2D eigenvalue weighted by Crippen LogP contribution is -2.32. The summed E-state index contributed by atoms with van der Waals surface area (Å²) >= 11 is 3.49. The van der Waals surface area contributed by atoms with Crippen molar-refractivity contribution in [3.63, 3.8) is 0 Å². The topological polar surface area (TPSA) is 44.5 Å². The van der Waals surface area contributed by atoms with Crippen molar-refractivity contribution in [1.29, 1.82) is 0 Å². The molecule has 21 heavy (non-hydrogen) atoms. The van der Waals surface area contributed by atoms with Gasteiger partial charge in [-0.3, -0.25) is 0 Å². The SMILES string of the molecule is COc1ccc(Br)cc1CC(N)C(OC)c1ccccc1. The molecule has 2 aromatic rings. The first kappa shape index (κ1) is 16.0. The van der Waals surface area contributed by atoms with E-state index in [4.69, 9.17) is 15.2 Å². The molecular formula is C17H20BrNO2. The summed E-state index contributed by atoms with van der Waals surface area (Å²) in [5, 5.41) is 0. The normalized spacial score (nSPS) is 13.7. The van der Waals surface area contributed by atoms with Gasteiger partial charge in [0.1, 0.15) is 5.75 Å². The molecule has 0 fully saturated rings. The highest BCUT2D eigenvalue weighted by molar-refractivity contribution is 9.10. The van der Waals surface area contributed by atoms with Crippen molar-refractivity contribution < 1.29 is 9.47 Å². The number of hydrogen-bond donors (Lipinski definition) is 1. The van der Waals surface area contributed by atoms with E-state index < -0.39 is 0 Å². The van der Waals surface area contributed by atoms with Crippen LogP contribution in [0.15, 0.2) is 53.0 Å². The van der Waals surface area contributed by atoms with Crippen LogP contribution in [0.1, 0.15) is 17.2 Å². The van der Waals surface area contributed by atoms with E-state index in [2.05, 4.69) is 15.9 Å². The monoisotopic (exact) mass is 349 g/mol. The van der Waals surface area contributed by atoms with Gasteiger partial charge in [0, 0.05) is 17.6 Å². The Morgan fingerprint density at radius 3 is 2.43 bits per heavy atom. The second-order valence-electron chi connectivity index (χ2n) is 4.89. The fourth-order valence-corrected chi connectivity index (χ4v) is 2.88. The molecule has 0 bridgehead atoms.